The Kier molecular flexibility index (Phi) is 6.78. The highest BCUT2D eigenvalue weighted by molar-refractivity contribution is 5.94. The maximum Gasteiger partial charge on any atom is 0.255 e. The molecule has 31 heavy (non-hydrogen) atoms. The summed E-state index contributed by atoms with van der Waals surface area (Å²) in [6, 6.07) is 21.1. The molecule has 1 unspecified atom stereocenters. The lowest BCUT2D eigenvalue weighted by Crippen LogP contribution is -2.38. The van der Waals surface area contributed by atoms with E-state index in [0.29, 0.717) is 11.5 Å². The van der Waals surface area contributed by atoms with Crippen LogP contribution < -0.4 is 5.73 Å². The van der Waals surface area contributed by atoms with Gasteiger partial charge in [0.1, 0.15) is 0 Å². The molecule has 2 heterocycles. The van der Waals surface area contributed by atoms with E-state index in [9.17, 15) is 4.79 Å². The first-order chi connectivity index (χ1) is 15.1. The van der Waals surface area contributed by atoms with Gasteiger partial charge in [0.2, 0.25) is 0 Å². The van der Waals surface area contributed by atoms with Crippen LogP contribution in [0.3, 0.4) is 0 Å². The van der Waals surface area contributed by atoms with E-state index in [1.54, 1.807) is 6.20 Å². The number of nitrogens with zero attached hydrogens (tertiary/aromatic N) is 2. The number of carbonyl (C=O) groups is 1. The van der Waals surface area contributed by atoms with Gasteiger partial charge in [-0.25, -0.2) is 0 Å². The average molecular weight is 414 g/mol. The third-order valence-electron chi connectivity index (χ3n) is 6.28. The number of nitrogens with two attached hydrogens (primary N) is 1. The molecule has 1 aliphatic heterocycles. The maximum absolute atomic E-state index is 13.1. The Labute approximate surface area is 185 Å². The zero-order valence-electron chi connectivity index (χ0n) is 18.2. The second kappa shape index (κ2) is 9.88. The lowest BCUT2D eigenvalue weighted by molar-refractivity contribution is 0.0712. The summed E-state index contributed by atoms with van der Waals surface area (Å²) < 4.78 is 0. The molecule has 4 nitrogen and oxygen atoms in total. The number of aromatic nitrogens is 1. The highest BCUT2D eigenvalue weighted by Gasteiger charge is 2.25. The summed E-state index contributed by atoms with van der Waals surface area (Å²) in [5.41, 5.74) is 11.7. The van der Waals surface area contributed by atoms with E-state index in [2.05, 4.69) is 53.5 Å². The second-order valence-electron chi connectivity index (χ2n) is 8.59. The Hall–Kier alpha value is -2.98. The van der Waals surface area contributed by atoms with E-state index in [1.807, 2.05) is 30.2 Å². The van der Waals surface area contributed by atoms with Gasteiger partial charge >= 0.3 is 0 Å². The zero-order valence-corrected chi connectivity index (χ0v) is 18.2. The Bertz CT molecular complexity index is 1010. The largest absolute Gasteiger partial charge is 0.339 e. The van der Waals surface area contributed by atoms with E-state index < -0.39 is 0 Å². The molecular formula is C27H31N3O. The molecular weight excluding hydrogens is 382 g/mol. The molecule has 2 N–H and O–H groups in total. The summed E-state index contributed by atoms with van der Waals surface area (Å²) in [6.07, 6.45) is 7.37. The first-order valence-corrected chi connectivity index (χ1v) is 11.2. The van der Waals surface area contributed by atoms with Gasteiger partial charge < -0.3 is 10.6 Å². The number of pyridine rings is 1. The molecule has 1 saturated heterocycles. The monoisotopic (exact) mass is 413 g/mol. The molecule has 0 radical (unpaired) electrons. The summed E-state index contributed by atoms with van der Waals surface area (Å²) in [6.45, 7) is 3.57. The van der Waals surface area contributed by atoms with Gasteiger partial charge in [0.15, 0.2) is 0 Å². The average Bonchev–Trinajstić information content (AvgIpc) is 2.83. The third kappa shape index (κ3) is 5.39. The number of hydrogen-bond acceptors (Lipinski definition) is 3. The molecule has 0 aliphatic carbocycles. The smallest absolute Gasteiger partial charge is 0.255 e. The maximum atomic E-state index is 13.1. The Morgan fingerprint density at radius 3 is 2.48 bits per heavy atom. The SMILES string of the molecule is CC(N)c1cccc(C2CCN(C(=O)c3cncc(CCc4ccccc4)c3)CC2)c1. The van der Waals surface area contributed by atoms with Crippen LogP contribution in [0.1, 0.15) is 64.3 Å². The Morgan fingerprint density at radius 1 is 1.00 bits per heavy atom. The number of aryl methyl sites for hydroxylation is 2. The van der Waals surface area contributed by atoms with Crippen LogP contribution in [0.15, 0.2) is 73.1 Å². The minimum Gasteiger partial charge on any atom is -0.339 e. The van der Waals surface area contributed by atoms with Gasteiger partial charge in [-0.2, -0.15) is 0 Å². The van der Waals surface area contributed by atoms with E-state index in [1.165, 1.54) is 16.7 Å². The predicted molar refractivity (Wildman–Crippen MR) is 125 cm³/mol. The van der Waals surface area contributed by atoms with Crippen LogP contribution in [-0.4, -0.2) is 28.9 Å². The van der Waals surface area contributed by atoms with Gasteiger partial charge in [-0.15, -0.1) is 0 Å². The van der Waals surface area contributed by atoms with Crippen molar-refractivity contribution in [1.82, 2.24) is 9.88 Å². The highest BCUT2D eigenvalue weighted by atomic mass is 16.2. The number of benzene rings is 2. The standard InChI is InChI=1S/C27H31N3O/c1-20(28)24-8-5-9-25(17-24)23-12-14-30(15-13-23)27(31)26-16-22(18-29-19-26)11-10-21-6-3-2-4-7-21/h2-9,16-20,23H,10-15,28H2,1H3. The fourth-order valence-electron chi connectivity index (χ4n) is 4.37. The van der Waals surface area contributed by atoms with Crippen LogP contribution in [0, 0.1) is 0 Å². The van der Waals surface area contributed by atoms with E-state index >= 15 is 0 Å². The summed E-state index contributed by atoms with van der Waals surface area (Å²) >= 11 is 0. The van der Waals surface area contributed by atoms with Crippen molar-refractivity contribution in [2.45, 2.75) is 44.6 Å². The minimum absolute atomic E-state index is 0.0447. The molecule has 160 valence electrons. The summed E-state index contributed by atoms with van der Waals surface area (Å²) in [4.78, 5) is 19.4. The number of piperidine rings is 1. The fourth-order valence-corrected chi connectivity index (χ4v) is 4.37. The van der Waals surface area contributed by atoms with Gasteiger partial charge in [0.25, 0.3) is 5.91 Å². The van der Waals surface area contributed by atoms with Crippen LogP contribution in [0.4, 0.5) is 0 Å². The topological polar surface area (TPSA) is 59.2 Å². The van der Waals surface area contributed by atoms with Crippen molar-refractivity contribution < 1.29 is 4.79 Å². The molecule has 0 spiro atoms. The van der Waals surface area contributed by atoms with Gasteiger partial charge in [-0.3, -0.25) is 9.78 Å². The molecule has 1 aromatic heterocycles. The molecule has 2 aromatic carbocycles. The molecule has 0 bridgehead atoms. The quantitative estimate of drug-likeness (QED) is 0.625. The first-order valence-electron chi connectivity index (χ1n) is 11.2. The fraction of sp³-hybridized carbons (Fsp3) is 0.333. The van der Waals surface area contributed by atoms with Crippen molar-refractivity contribution in [1.29, 1.82) is 0 Å². The molecule has 3 aromatic rings. The second-order valence-corrected chi connectivity index (χ2v) is 8.59. The van der Waals surface area contributed by atoms with Crippen molar-refractivity contribution >= 4 is 5.91 Å². The number of hydrogen-bond donors (Lipinski definition) is 1. The van der Waals surface area contributed by atoms with Crippen molar-refractivity contribution in [3.05, 3.63) is 101 Å². The van der Waals surface area contributed by atoms with Gasteiger partial charge in [0, 0.05) is 31.5 Å². The molecule has 1 fully saturated rings. The number of amides is 1. The predicted octanol–water partition coefficient (Wildman–Crippen LogP) is 4.91. The van der Waals surface area contributed by atoms with Crippen LogP contribution in [0.5, 0.6) is 0 Å². The van der Waals surface area contributed by atoms with Crippen LogP contribution in [0.25, 0.3) is 0 Å². The number of rotatable bonds is 6. The minimum atomic E-state index is 0.0447. The molecule has 1 amide bonds. The van der Waals surface area contributed by atoms with Gasteiger partial charge in [0.05, 0.1) is 5.56 Å². The zero-order chi connectivity index (χ0) is 21.6. The summed E-state index contributed by atoms with van der Waals surface area (Å²) in [5, 5.41) is 0. The summed E-state index contributed by atoms with van der Waals surface area (Å²) in [7, 11) is 0. The molecule has 4 heteroatoms. The summed E-state index contributed by atoms with van der Waals surface area (Å²) in [5.74, 6) is 0.579. The third-order valence-corrected chi connectivity index (χ3v) is 6.28. The lowest BCUT2D eigenvalue weighted by Gasteiger charge is -2.32. The molecule has 4 rings (SSSR count). The van der Waals surface area contributed by atoms with Crippen LogP contribution >= 0.6 is 0 Å². The Morgan fingerprint density at radius 2 is 1.74 bits per heavy atom. The molecule has 0 saturated carbocycles. The van der Waals surface area contributed by atoms with Crippen LogP contribution in [0.2, 0.25) is 0 Å². The van der Waals surface area contributed by atoms with Crippen molar-refractivity contribution in [2.75, 3.05) is 13.1 Å². The number of carbonyl (C=O) groups excluding carboxylic acids is 1. The van der Waals surface area contributed by atoms with Gasteiger partial charge in [-0.1, -0.05) is 54.6 Å². The van der Waals surface area contributed by atoms with E-state index in [4.69, 9.17) is 5.73 Å². The lowest BCUT2D eigenvalue weighted by atomic mass is 9.88. The first kappa shape index (κ1) is 21.3. The van der Waals surface area contributed by atoms with E-state index in [-0.39, 0.29) is 11.9 Å². The molecule has 1 atom stereocenters. The molecule has 1 aliphatic rings. The van der Waals surface area contributed by atoms with Gasteiger partial charge in [-0.05, 0) is 66.8 Å². The number of likely N-dealkylation sites (tertiary alicyclic amines) is 1. The van der Waals surface area contributed by atoms with Crippen LogP contribution in [-0.2, 0) is 12.8 Å². The van der Waals surface area contributed by atoms with Crippen molar-refractivity contribution in [3.63, 3.8) is 0 Å². The highest BCUT2D eigenvalue weighted by Crippen LogP contribution is 2.30. The van der Waals surface area contributed by atoms with E-state index in [0.717, 1.165) is 44.3 Å². The van der Waals surface area contributed by atoms with Crippen molar-refractivity contribution in [2.24, 2.45) is 5.73 Å². The van der Waals surface area contributed by atoms with Crippen molar-refractivity contribution in [3.8, 4) is 0 Å². The normalized spacial score (nSPS) is 15.6. The Balaban J connectivity index is 1.36.